The topological polar surface area (TPSA) is 77.1 Å². The number of rotatable bonds is 4. The van der Waals surface area contributed by atoms with Crippen molar-refractivity contribution in [2.45, 2.75) is 31.8 Å². The number of nitriles is 2. The summed E-state index contributed by atoms with van der Waals surface area (Å²) < 4.78 is 5.52. The number of carbonyl (C=O) groups excluding carboxylic acids is 1. The van der Waals surface area contributed by atoms with E-state index in [4.69, 9.17) is 4.74 Å². The number of ketones is 1. The van der Waals surface area contributed by atoms with Gasteiger partial charge in [-0.3, -0.25) is 4.79 Å². The largest absolute Gasteiger partial charge is 0.494 e. The predicted octanol–water partition coefficient (Wildman–Crippen LogP) is 4.08. The lowest BCUT2D eigenvalue weighted by Gasteiger charge is -2.35. The Labute approximate surface area is 170 Å². The van der Waals surface area contributed by atoms with Crippen LogP contribution in [0, 0.1) is 28.1 Å². The fourth-order valence-corrected chi connectivity index (χ4v) is 4.70. The Morgan fingerprint density at radius 1 is 1.14 bits per heavy atom. The number of hydrogen-bond donors (Lipinski definition) is 0. The summed E-state index contributed by atoms with van der Waals surface area (Å²) in [4.78, 5) is 14.8. The second-order valence-corrected chi connectivity index (χ2v) is 7.40. The number of ether oxygens (including phenoxy) is 1. The van der Waals surface area contributed by atoms with E-state index in [9.17, 15) is 15.3 Å². The molecule has 2 aromatic carbocycles. The van der Waals surface area contributed by atoms with Gasteiger partial charge in [-0.15, -0.1) is 0 Å². The van der Waals surface area contributed by atoms with Gasteiger partial charge in [-0.25, -0.2) is 0 Å². The van der Waals surface area contributed by atoms with Gasteiger partial charge in [-0.1, -0.05) is 42.5 Å². The van der Waals surface area contributed by atoms with Gasteiger partial charge in [0.2, 0.25) is 0 Å². The maximum atomic E-state index is 12.9. The summed E-state index contributed by atoms with van der Waals surface area (Å²) in [6.07, 6.45) is 3.83. The van der Waals surface area contributed by atoms with E-state index < -0.39 is 23.4 Å². The molecule has 0 saturated carbocycles. The molecule has 0 amide bonds. The minimum atomic E-state index is -1.38. The molecular weight excluding hydrogens is 362 g/mol. The number of nitrogens with zero attached hydrogens (tertiary/aromatic N) is 3. The zero-order chi connectivity index (χ0) is 20.6. The van der Waals surface area contributed by atoms with Crippen LogP contribution in [0.5, 0.6) is 5.75 Å². The number of carbonyl (C=O) groups is 1. The molecule has 2 aromatic rings. The molecule has 144 valence electrons. The Morgan fingerprint density at radius 2 is 1.83 bits per heavy atom. The van der Waals surface area contributed by atoms with Gasteiger partial charge < -0.3 is 9.64 Å². The third kappa shape index (κ3) is 2.70. The minimum absolute atomic E-state index is 0.0636. The molecule has 1 fully saturated rings. The van der Waals surface area contributed by atoms with Crippen LogP contribution in [0.25, 0.3) is 6.08 Å². The van der Waals surface area contributed by atoms with Gasteiger partial charge in [0.25, 0.3) is 0 Å². The number of para-hydroxylation sites is 1. The standard InChI is InChI=1S/C24H21N3O2/c1-3-29-19-11-8-18(9-12-19)22-23(16(2)28)27-20-7-5-4-6-17(20)10-13-21(27)24(22,14-25)15-26/h4-13,21-23H,3H2,1-2H3/t21-,22+,23-/m0/s1. The average molecular weight is 383 g/mol. The molecule has 0 aromatic heterocycles. The smallest absolute Gasteiger partial charge is 0.176 e. The van der Waals surface area contributed by atoms with Crippen LogP contribution in [0.4, 0.5) is 5.69 Å². The Bertz CT molecular complexity index is 1040. The highest BCUT2D eigenvalue weighted by molar-refractivity contribution is 5.91. The third-order valence-corrected chi connectivity index (χ3v) is 5.88. The molecule has 3 atom stereocenters. The summed E-state index contributed by atoms with van der Waals surface area (Å²) in [6.45, 7) is 4.00. The van der Waals surface area contributed by atoms with Crippen molar-refractivity contribution in [2.24, 2.45) is 5.41 Å². The van der Waals surface area contributed by atoms with Gasteiger partial charge in [0, 0.05) is 11.6 Å². The summed E-state index contributed by atoms with van der Waals surface area (Å²) in [5.41, 5.74) is 1.26. The molecule has 2 heterocycles. The van der Waals surface area contributed by atoms with Crippen molar-refractivity contribution >= 4 is 17.5 Å². The number of hydrogen-bond acceptors (Lipinski definition) is 5. The summed E-state index contributed by atoms with van der Waals surface area (Å²) in [7, 11) is 0. The van der Waals surface area contributed by atoms with Crippen molar-refractivity contribution in [1.29, 1.82) is 10.5 Å². The first-order valence-corrected chi connectivity index (χ1v) is 9.68. The van der Waals surface area contributed by atoms with Crippen molar-refractivity contribution in [3.63, 3.8) is 0 Å². The van der Waals surface area contributed by atoms with Crippen LogP contribution in [-0.2, 0) is 4.79 Å². The highest BCUT2D eigenvalue weighted by Gasteiger charge is 2.62. The van der Waals surface area contributed by atoms with Crippen molar-refractivity contribution in [3.05, 3.63) is 65.7 Å². The van der Waals surface area contributed by atoms with Crippen molar-refractivity contribution in [1.82, 2.24) is 0 Å². The molecule has 5 nitrogen and oxygen atoms in total. The Hall–Kier alpha value is -3.57. The third-order valence-electron chi connectivity index (χ3n) is 5.88. The van der Waals surface area contributed by atoms with E-state index in [0.29, 0.717) is 6.61 Å². The first kappa shape index (κ1) is 18.8. The number of anilines is 1. The molecule has 0 bridgehead atoms. The van der Waals surface area contributed by atoms with Crippen LogP contribution in [0.1, 0.15) is 30.9 Å². The van der Waals surface area contributed by atoms with Gasteiger partial charge >= 0.3 is 0 Å². The van der Waals surface area contributed by atoms with E-state index in [1.165, 1.54) is 6.92 Å². The lowest BCUT2D eigenvalue weighted by Crippen LogP contribution is -2.43. The van der Waals surface area contributed by atoms with Gasteiger partial charge in [-0.2, -0.15) is 10.5 Å². The van der Waals surface area contributed by atoms with Crippen molar-refractivity contribution in [3.8, 4) is 17.9 Å². The number of benzene rings is 2. The second-order valence-electron chi connectivity index (χ2n) is 7.40. The quantitative estimate of drug-likeness (QED) is 0.795. The highest BCUT2D eigenvalue weighted by atomic mass is 16.5. The summed E-state index contributed by atoms with van der Waals surface area (Å²) in [5.74, 6) is 0.0777. The lowest BCUT2D eigenvalue weighted by molar-refractivity contribution is -0.118. The fraction of sp³-hybridized carbons (Fsp3) is 0.292. The molecule has 29 heavy (non-hydrogen) atoms. The zero-order valence-electron chi connectivity index (χ0n) is 16.4. The van der Waals surface area contributed by atoms with Crippen LogP contribution in [0.2, 0.25) is 0 Å². The SMILES string of the molecule is CCOc1ccc([C@@H]2[C@H](C(C)=O)N3c4ccccc4C=C[C@H]3C2(C#N)C#N)cc1. The van der Waals surface area contributed by atoms with Crippen LogP contribution in [0.3, 0.4) is 0 Å². The van der Waals surface area contributed by atoms with Crippen LogP contribution in [0.15, 0.2) is 54.6 Å². The van der Waals surface area contributed by atoms with Crippen LogP contribution >= 0.6 is 0 Å². The van der Waals surface area contributed by atoms with Gasteiger partial charge in [0.1, 0.15) is 5.75 Å². The predicted molar refractivity (Wildman–Crippen MR) is 110 cm³/mol. The molecule has 0 radical (unpaired) electrons. The van der Waals surface area contributed by atoms with E-state index in [1.54, 1.807) is 0 Å². The fourth-order valence-electron chi connectivity index (χ4n) is 4.70. The Morgan fingerprint density at radius 3 is 2.45 bits per heavy atom. The number of fused-ring (bicyclic) bond motifs is 3. The summed E-state index contributed by atoms with van der Waals surface area (Å²) >= 11 is 0. The molecule has 0 aliphatic carbocycles. The van der Waals surface area contributed by atoms with E-state index in [0.717, 1.165) is 22.6 Å². The Kier molecular flexibility index (Phi) is 4.60. The first-order valence-electron chi connectivity index (χ1n) is 9.68. The molecule has 5 heteroatoms. The van der Waals surface area contributed by atoms with Crippen molar-refractivity contribution < 1.29 is 9.53 Å². The molecule has 2 aliphatic heterocycles. The average Bonchev–Trinajstić information content (AvgIpc) is 3.06. The van der Waals surface area contributed by atoms with E-state index in [-0.39, 0.29) is 5.78 Å². The molecule has 0 spiro atoms. The molecular formula is C24H21N3O2. The zero-order valence-corrected chi connectivity index (χ0v) is 16.4. The molecule has 0 N–H and O–H groups in total. The van der Waals surface area contributed by atoms with Gasteiger partial charge in [0.05, 0.1) is 30.8 Å². The maximum absolute atomic E-state index is 12.9. The minimum Gasteiger partial charge on any atom is -0.494 e. The Balaban J connectivity index is 1.92. The van der Waals surface area contributed by atoms with Crippen molar-refractivity contribution in [2.75, 3.05) is 11.5 Å². The van der Waals surface area contributed by atoms with Gasteiger partial charge in [0.15, 0.2) is 11.2 Å². The second kappa shape index (κ2) is 7.11. The molecule has 2 aliphatic rings. The number of Topliss-reactive ketones (excluding diaryl/α,β-unsaturated/α-hetero) is 1. The summed E-state index contributed by atoms with van der Waals surface area (Å²) in [5, 5.41) is 20.4. The van der Waals surface area contributed by atoms with E-state index >= 15 is 0 Å². The van der Waals surface area contributed by atoms with Crippen LogP contribution < -0.4 is 9.64 Å². The maximum Gasteiger partial charge on any atom is 0.176 e. The molecule has 1 saturated heterocycles. The van der Waals surface area contributed by atoms with E-state index in [2.05, 4.69) is 12.1 Å². The molecule has 4 rings (SSSR count). The van der Waals surface area contributed by atoms with Gasteiger partial charge in [-0.05, 0) is 43.2 Å². The van der Waals surface area contributed by atoms with Crippen LogP contribution in [-0.4, -0.2) is 24.5 Å². The normalized spacial score (nSPS) is 23.4. The lowest BCUT2D eigenvalue weighted by atomic mass is 9.69. The summed E-state index contributed by atoms with van der Waals surface area (Å²) in [6, 6.07) is 18.6. The monoisotopic (exact) mass is 383 g/mol. The highest BCUT2D eigenvalue weighted by Crippen LogP contribution is 2.55. The van der Waals surface area contributed by atoms with E-state index in [1.807, 2.05) is 72.5 Å². The molecule has 0 unspecified atom stereocenters. The first-order chi connectivity index (χ1) is 14.1.